The second-order valence-corrected chi connectivity index (χ2v) is 6.34. The first-order chi connectivity index (χ1) is 13.3. The molecule has 0 radical (unpaired) electrons. The molecule has 1 aliphatic heterocycles. The van der Waals surface area contributed by atoms with Crippen LogP contribution >= 0.6 is 0 Å². The van der Waals surface area contributed by atoms with Crippen molar-refractivity contribution in [3.63, 3.8) is 0 Å². The van der Waals surface area contributed by atoms with E-state index in [1.54, 1.807) is 49.3 Å². The van der Waals surface area contributed by atoms with Crippen LogP contribution in [0.15, 0.2) is 42.5 Å². The van der Waals surface area contributed by atoms with Crippen molar-refractivity contribution < 1.29 is 27.4 Å². The second-order valence-electron chi connectivity index (χ2n) is 6.34. The summed E-state index contributed by atoms with van der Waals surface area (Å²) in [6, 6.07) is 12.4. The fourth-order valence-electron chi connectivity index (χ4n) is 3.07. The summed E-state index contributed by atoms with van der Waals surface area (Å²) >= 11 is 0. The van der Waals surface area contributed by atoms with Crippen LogP contribution in [0.2, 0.25) is 0 Å². The third kappa shape index (κ3) is 4.31. The van der Waals surface area contributed by atoms with Crippen molar-refractivity contribution in [2.24, 2.45) is 0 Å². The number of methoxy groups -OCH3 is 1. The molecule has 28 heavy (non-hydrogen) atoms. The molecule has 1 aliphatic rings. The van der Waals surface area contributed by atoms with E-state index in [1.165, 1.54) is 12.1 Å². The van der Waals surface area contributed by atoms with Crippen LogP contribution in [0.4, 0.5) is 18.9 Å². The van der Waals surface area contributed by atoms with Crippen molar-refractivity contribution in [1.29, 1.82) is 5.26 Å². The Balaban J connectivity index is 1.68. The van der Waals surface area contributed by atoms with E-state index >= 15 is 0 Å². The van der Waals surface area contributed by atoms with E-state index in [2.05, 4.69) is 0 Å². The van der Waals surface area contributed by atoms with Gasteiger partial charge < -0.3 is 19.1 Å². The number of nitriles is 1. The highest BCUT2D eigenvalue weighted by Gasteiger charge is 2.36. The standard InChI is InChI=1S/C20H19F3N2O3/c1-13-25(15-4-3-14(10-24)19(9-15)20(21,22)23)11-18(28-13)12-27-17-7-5-16(26-2)6-8-17/h3-9,13,18H,11-12H2,1-2H3/t13-,18+/m1/s1. The SMILES string of the molecule is COc1ccc(OC[C@@H]2CN(c3ccc(C#N)c(C(F)(F)F)c3)[C@@H](C)O2)cc1. The number of ether oxygens (including phenoxy) is 3. The lowest BCUT2D eigenvalue weighted by Crippen LogP contribution is -2.28. The highest BCUT2D eigenvalue weighted by atomic mass is 19.4. The highest BCUT2D eigenvalue weighted by molar-refractivity contribution is 5.55. The first-order valence-corrected chi connectivity index (χ1v) is 8.62. The molecule has 0 unspecified atom stereocenters. The Bertz CT molecular complexity index is 862. The van der Waals surface area contributed by atoms with Gasteiger partial charge in [0.2, 0.25) is 0 Å². The zero-order valence-corrected chi connectivity index (χ0v) is 15.4. The van der Waals surface area contributed by atoms with Gasteiger partial charge >= 0.3 is 6.18 Å². The van der Waals surface area contributed by atoms with Gasteiger partial charge in [-0.2, -0.15) is 18.4 Å². The quantitative estimate of drug-likeness (QED) is 0.763. The van der Waals surface area contributed by atoms with Crippen molar-refractivity contribution in [2.45, 2.75) is 25.4 Å². The molecule has 0 saturated carbocycles. The Morgan fingerprint density at radius 2 is 1.86 bits per heavy atom. The Morgan fingerprint density at radius 1 is 1.18 bits per heavy atom. The minimum atomic E-state index is -4.60. The average molecular weight is 392 g/mol. The molecule has 1 fully saturated rings. The molecule has 0 N–H and O–H groups in total. The van der Waals surface area contributed by atoms with Gasteiger partial charge in [0.25, 0.3) is 0 Å². The molecule has 1 heterocycles. The van der Waals surface area contributed by atoms with Crippen molar-refractivity contribution >= 4 is 5.69 Å². The first-order valence-electron chi connectivity index (χ1n) is 8.62. The average Bonchev–Trinajstić information content (AvgIpc) is 3.06. The Labute approximate surface area is 160 Å². The lowest BCUT2D eigenvalue weighted by atomic mass is 10.1. The van der Waals surface area contributed by atoms with E-state index in [0.29, 0.717) is 23.7 Å². The monoisotopic (exact) mass is 392 g/mol. The number of anilines is 1. The molecule has 2 aromatic carbocycles. The van der Waals surface area contributed by atoms with Gasteiger partial charge in [-0.15, -0.1) is 0 Å². The summed E-state index contributed by atoms with van der Waals surface area (Å²) in [5.41, 5.74) is -0.994. The van der Waals surface area contributed by atoms with Crippen molar-refractivity contribution in [3.05, 3.63) is 53.6 Å². The summed E-state index contributed by atoms with van der Waals surface area (Å²) in [5, 5.41) is 8.93. The number of hydrogen-bond donors (Lipinski definition) is 0. The molecule has 3 rings (SSSR count). The molecule has 1 saturated heterocycles. The minimum Gasteiger partial charge on any atom is -0.497 e. The van der Waals surface area contributed by atoms with E-state index in [4.69, 9.17) is 19.5 Å². The summed E-state index contributed by atoms with van der Waals surface area (Å²) in [6.07, 6.45) is -5.32. The molecular weight excluding hydrogens is 373 g/mol. The molecular formula is C20H19F3N2O3. The Hall–Kier alpha value is -2.92. The van der Waals surface area contributed by atoms with Gasteiger partial charge in [-0.3, -0.25) is 0 Å². The largest absolute Gasteiger partial charge is 0.497 e. The lowest BCUT2D eigenvalue weighted by molar-refractivity contribution is -0.137. The van der Waals surface area contributed by atoms with E-state index in [1.807, 2.05) is 0 Å². The maximum absolute atomic E-state index is 13.2. The van der Waals surface area contributed by atoms with Crippen molar-refractivity contribution in [2.75, 3.05) is 25.2 Å². The summed E-state index contributed by atoms with van der Waals surface area (Å²) in [6.45, 7) is 2.40. The van der Waals surface area contributed by atoms with Crippen molar-refractivity contribution in [3.8, 4) is 17.6 Å². The van der Waals surface area contributed by atoms with Crippen LogP contribution in [0.1, 0.15) is 18.1 Å². The van der Waals surface area contributed by atoms with Crippen molar-refractivity contribution in [1.82, 2.24) is 0 Å². The van der Waals surface area contributed by atoms with Crippen LogP contribution in [0, 0.1) is 11.3 Å². The van der Waals surface area contributed by atoms with E-state index in [-0.39, 0.29) is 12.7 Å². The van der Waals surface area contributed by atoms with Gasteiger partial charge in [0.1, 0.15) is 30.4 Å². The topological polar surface area (TPSA) is 54.7 Å². The number of benzene rings is 2. The zero-order valence-electron chi connectivity index (χ0n) is 15.4. The molecule has 0 amide bonds. The summed E-state index contributed by atoms with van der Waals surface area (Å²) in [7, 11) is 1.57. The Morgan fingerprint density at radius 3 is 2.46 bits per heavy atom. The molecule has 2 atom stereocenters. The second kappa shape index (κ2) is 7.98. The van der Waals surface area contributed by atoms with Gasteiger partial charge in [0.15, 0.2) is 0 Å². The third-order valence-electron chi connectivity index (χ3n) is 4.48. The molecule has 0 aromatic heterocycles. The van der Waals surface area contributed by atoms with Gasteiger partial charge in [0, 0.05) is 5.69 Å². The van der Waals surface area contributed by atoms with Crippen LogP contribution in [0.3, 0.4) is 0 Å². The van der Waals surface area contributed by atoms with Crippen LogP contribution in [-0.4, -0.2) is 32.6 Å². The van der Waals surface area contributed by atoms with Gasteiger partial charge in [-0.25, -0.2) is 0 Å². The summed E-state index contributed by atoms with van der Waals surface area (Å²) < 4.78 is 56.2. The predicted molar refractivity (Wildman–Crippen MR) is 96.3 cm³/mol. The lowest BCUT2D eigenvalue weighted by Gasteiger charge is -2.23. The van der Waals surface area contributed by atoms with Gasteiger partial charge in [-0.1, -0.05) is 0 Å². The number of halogens is 3. The number of alkyl halides is 3. The number of rotatable bonds is 5. The highest BCUT2D eigenvalue weighted by Crippen LogP contribution is 2.36. The molecule has 2 aromatic rings. The van der Waals surface area contributed by atoms with E-state index in [0.717, 1.165) is 6.07 Å². The molecule has 5 nitrogen and oxygen atoms in total. The van der Waals surface area contributed by atoms with Gasteiger partial charge in [0.05, 0.1) is 30.9 Å². The molecule has 8 heteroatoms. The fraction of sp³-hybridized carbons (Fsp3) is 0.350. The van der Waals surface area contributed by atoms with E-state index < -0.39 is 23.5 Å². The van der Waals surface area contributed by atoms with Gasteiger partial charge in [-0.05, 0) is 49.4 Å². The third-order valence-corrected chi connectivity index (χ3v) is 4.48. The van der Waals surface area contributed by atoms with Crippen LogP contribution in [0.25, 0.3) is 0 Å². The number of hydrogen-bond acceptors (Lipinski definition) is 5. The Kier molecular flexibility index (Phi) is 5.66. The normalized spacial score (nSPS) is 19.4. The molecule has 0 aliphatic carbocycles. The van der Waals surface area contributed by atoms with Crippen LogP contribution < -0.4 is 14.4 Å². The predicted octanol–water partition coefficient (Wildman–Crippen LogP) is 4.22. The molecule has 0 bridgehead atoms. The smallest absolute Gasteiger partial charge is 0.417 e. The zero-order chi connectivity index (χ0) is 20.3. The minimum absolute atomic E-state index is 0.259. The molecule has 0 spiro atoms. The van der Waals surface area contributed by atoms with Crippen LogP contribution in [0.5, 0.6) is 11.5 Å². The maximum atomic E-state index is 13.2. The first kappa shape index (κ1) is 19.8. The van der Waals surface area contributed by atoms with Crippen LogP contribution in [-0.2, 0) is 10.9 Å². The maximum Gasteiger partial charge on any atom is 0.417 e. The number of nitrogens with zero attached hydrogens (tertiary/aromatic N) is 2. The fourth-order valence-corrected chi connectivity index (χ4v) is 3.07. The summed E-state index contributed by atoms with van der Waals surface area (Å²) in [4.78, 5) is 1.72. The summed E-state index contributed by atoms with van der Waals surface area (Å²) in [5.74, 6) is 1.36. The molecule has 148 valence electrons. The van der Waals surface area contributed by atoms with E-state index in [9.17, 15) is 13.2 Å².